The van der Waals surface area contributed by atoms with Gasteiger partial charge in [0, 0.05) is 19.5 Å². The van der Waals surface area contributed by atoms with Crippen molar-refractivity contribution in [2.24, 2.45) is 0 Å². The summed E-state index contributed by atoms with van der Waals surface area (Å²) in [7, 11) is 2.18. The van der Waals surface area contributed by atoms with Crippen LogP contribution >= 0.6 is 11.3 Å². The third kappa shape index (κ3) is 3.47. The Labute approximate surface area is 163 Å². The van der Waals surface area contributed by atoms with Crippen molar-refractivity contribution in [2.45, 2.75) is 31.5 Å². The van der Waals surface area contributed by atoms with E-state index < -0.39 is 0 Å². The van der Waals surface area contributed by atoms with Crippen molar-refractivity contribution in [3.05, 3.63) is 58.6 Å². The van der Waals surface area contributed by atoms with Gasteiger partial charge in [0.25, 0.3) is 0 Å². The van der Waals surface area contributed by atoms with Gasteiger partial charge in [-0.1, -0.05) is 18.2 Å². The van der Waals surface area contributed by atoms with Gasteiger partial charge in [0.15, 0.2) is 0 Å². The molecule has 2 aliphatic rings. The van der Waals surface area contributed by atoms with E-state index in [-0.39, 0.29) is 12.2 Å². The Hall–Kier alpha value is -1.95. The minimum absolute atomic E-state index is 0.110. The van der Waals surface area contributed by atoms with Gasteiger partial charge >= 0.3 is 0 Å². The lowest BCUT2D eigenvalue weighted by atomic mass is 10.0. The van der Waals surface area contributed by atoms with Crippen molar-refractivity contribution < 1.29 is 9.47 Å². The highest BCUT2D eigenvalue weighted by atomic mass is 32.1. The molecule has 5 rings (SSSR count). The molecular weight excluding hydrogens is 356 g/mol. The fourth-order valence-electron chi connectivity index (χ4n) is 3.96. The lowest BCUT2D eigenvalue weighted by Crippen LogP contribution is -2.35. The van der Waals surface area contributed by atoms with E-state index in [9.17, 15) is 0 Å². The summed E-state index contributed by atoms with van der Waals surface area (Å²) in [5.41, 5.74) is 3.53. The van der Waals surface area contributed by atoms with Crippen LogP contribution in [0.15, 0.2) is 42.5 Å². The summed E-state index contributed by atoms with van der Waals surface area (Å²) in [6.45, 7) is 2.96. The average Bonchev–Trinajstić information content (AvgIpc) is 3.33. The van der Waals surface area contributed by atoms with Crippen LogP contribution in [0.4, 0.5) is 0 Å². The zero-order chi connectivity index (χ0) is 18.2. The number of para-hydroxylation sites is 1. The number of hydrogen-bond acceptors (Lipinski definition) is 5. The summed E-state index contributed by atoms with van der Waals surface area (Å²) < 4.78 is 13.6. The number of aromatic nitrogens is 1. The van der Waals surface area contributed by atoms with Gasteiger partial charge in [0.05, 0.1) is 22.9 Å². The molecule has 3 aromatic rings. The molecule has 2 aromatic carbocycles. The highest BCUT2D eigenvalue weighted by molar-refractivity contribution is 7.18. The first kappa shape index (κ1) is 17.2. The van der Waals surface area contributed by atoms with E-state index in [0.29, 0.717) is 0 Å². The van der Waals surface area contributed by atoms with Crippen LogP contribution in [-0.4, -0.2) is 42.7 Å². The third-order valence-electron chi connectivity index (χ3n) is 5.55. The maximum atomic E-state index is 6.68. The van der Waals surface area contributed by atoms with Crippen molar-refractivity contribution in [1.29, 1.82) is 0 Å². The monoisotopic (exact) mass is 380 g/mol. The molecule has 1 atom stereocenters. The van der Waals surface area contributed by atoms with Crippen LogP contribution < -0.4 is 4.74 Å². The maximum Gasteiger partial charge on any atom is 0.134 e. The molecule has 1 fully saturated rings. The Bertz CT molecular complexity index is 913. The van der Waals surface area contributed by atoms with Crippen molar-refractivity contribution in [1.82, 2.24) is 9.88 Å². The first-order valence-corrected chi connectivity index (χ1v) is 10.5. The number of likely N-dealkylation sites (tertiary alicyclic amines) is 1. The molecule has 1 unspecified atom stereocenters. The van der Waals surface area contributed by atoms with Crippen molar-refractivity contribution in [2.75, 3.05) is 26.7 Å². The molecule has 0 N–H and O–H groups in total. The first-order chi connectivity index (χ1) is 13.3. The second-order valence-electron chi connectivity index (χ2n) is 7.50. The number of nitrogens with zero attached hydrogens (tertiary/aromatic N) is 2. The molecule has 0 saturated carbocycles. The summed E-state index contributed by atoms with van der Waals surface area (Å²) in [5.74, 6) is 1.01. The molecule has 0 spiro atoms. The molecule has 0 amide bonds. The SMILES string of the molecule is CN1CCC(OC(c2ccc3c(c2)CCO3)c2nc3ccccc3s2)CC1. The van der Waals surface area contributed by atoms with Gasteiger partial charge in [0.2, 0.25) is 0 Å². The molecule has 1 saturated heterocycles. The molecule has 1 aromatic heterocycles. The molecule has 140 valence electrons. The molecule has 5 heteroatoms. The fourth-order valence-corrected chi connectivity index (χ4v) is 5.00. The average molecular weight is 381 g/mol. The smallest absolute Gasteiger partial charge is 0.134 e. The Morgan fingerprint density at radius 3 is 2.89 bits per heavy atom. The zero-order valence-corrected chi connectivity index (χ0v) is 16.4. The summed E-state index contributed by atoms with van der Waals surface area (Å²) >= 11 is 1.74. The second kappa shape index (κ2) is 7.23. The Balaban J connectivity index is 1.50. The highest BCUT2D eigenvalue weighted by Crippen LogP contribution is 2.37. The van der Waals surface area contributed by atoms with E-state index in [1.807, 2.05) is 6.07 Å². The molecule has 0 aliphatic carbocycles. The Kier molecular flexibility index (Phi) is 4.60. The quantitative estimate of drug-likeness (QED) is 0.671. The van der Waals surface area contributed by atoms with Gasteiger partial charge in [0.1, 0.15) is 16.9 Å². The molecular formula is C22H24N2O2S. The van der Waals surface area contributed by atoms with E-state index in [2.05, 4.69) is 48.3 Å². The fraction of sp³-hybridized carbons (Fsp3) is 0.409. The van der Waals surface area contributed by atoms with Gasteiger partial charge in [-0.3, -0.25) is 0 Å². The molecule has 3 heterocycles. The number of fused-ring (bicyclic) bond motifs is 2. The number of rotatable bonds is 4. The highest BCUT2D eigenvalue weighted by Gasteiger charge is 2.27. The third-order valence-corrected chi connectivity index (χ3v) is 6.62. The van der Waals surface area contributed by atoms with Gasteiger partial charge < -0.3 is 14.4 Å². The van der Waals surface area contributed by atoms with E-state index in [1.165, 1.54) is 15.8 Å². The van der Waals surface area contributed by atoms with E-state index >= 15 is 0 Å². The van der Waals surface area contributed by atoms with Gasteiger partial charge in [-0.15, -0.1) is 11.3 Å². The molecule has 0 radical (unpaired) electrons. The zero-order valence-electron chi connectivity index (χ0n) is 15.6. The van der Waals surface area contributed by atoms with Crippen LogP contribution in [0.3, 0.4) is 0 Å². The minimum Gasteiger partial charge on any atom is -0.493 e. The predicted octanol–water partition coefficient (Wildman–Crippen LogP) is 4.43. The summed E-state index contributed by atoms with van der Waals surface area (Å²) in [6.07, 6.45) is 3.30. The normalized spacial score (nSPS) is 19.1. The van der Waals surface area contributed by atoms with Gasteiger partial charge in [-0.25, -0.2) is 4.98 Å². The summed E-state index contributed by atoms with van der Waals surface area (Å²) in [4.78, 5) is 7.29. The van der Waals surface area contributed by atoms with Crippen molar-refractivity contribution in [3.8, 4) is 5.75 Å². The molecule has 27 heavy (non-hydrogen) atoms. The van der Waals surface area contributed by atoms with Crippen LogP contribution in [0.25, 0.3) is 10.2 Å². The Morgan fingerprint density at radius 1 is 1.19 bits per heavy atom. The van der Waals surface area contributed by atoms with Crippen LogP contribution in [0, 0.1) is 0 Å². The van der Waals surface area contributed by atoms with Crippen LogP contribution in [0.2, 0.25) is 0 Å². The Morgan fingerprint density at radius 2 is 2.04 bits per heavy atom. The number of piperidine rings is 1. The number of ether oxygens (including phenoxy) is 2. The van der Waals surface area contributed by atoms with Crippen LogP contribution in [0.5, 0.6) is 5.75 Å². The lowest BCUT2D eigenvalue weighted by molar-refractivity contribution is -0.0234. The second-order valence-corrected chi connectivity index (χ2v) is 8.57. The number of benzene rings is 2. The number of thiazole rings is 1. The van der Waals surface area contributed by atoms with E-state index in [4.69, 9.17) is 14.5 Å². The number of hydrogen-bond donors (Lipinski definition) is 0. The molecule has 0 bridgehead atoms. The maximum absolute atomic E-state index is 6.68. The molecule has 4 nitrogen and oxygen atoms in total. The standard InChI is InChI=1S/C22H24N2O2S/c1-24-11-8-17(9-12-24)26-21(16-6-7-19-15(14-16)10-13-25-19)22-23-18-4-2-3-5-20(18)27-22/h2-7,14,17,21H,8-13H2,1H3. The predicted molar refractivity (Wildman–Crippen MR) is 109 cm³/mol. The summed E-state index contributed by atoms with van der Waals surface area (Å²) in [5, 5.41) is 1.05. The lowest BCUT2D eigenvalue weighted by Gasteiger charge is -2.31. The van der Waals surface area contributed by atoms with Crippen molar-refractivity contribution in [3.63, 3.8) is 0 Å². The van der Waals surface area contributed by atoms with Gasteiger partial charge in [-0.2, -0.15) is 0 Å². The topological polar surface area (TPSA) is 34.6 Å². The van der Waals surface area contributed by atoms with Crippen LogP contribution in [-0.2, 0) is 11.2 Å². The summed E-state index contributed by atoms with van der Waals surface area (Å²) in [6, 6.07) is 14.8. The van der Waals surface area contributed by atoms with Crippen LogP contribution in [0.1, 0.15) is 35.1 Å². The van der Waals surface area contributed by atoms with Crippen molar-refractivity contribution >= 4 is 21.6 Å². The van der Waals surface area contributed by atoms with Gasteiger partial charge in [-0.05, 0) is 55.3 Å². The minimum atomic E-state index is -0.110. The van der Waals surface area contributed by atoms with E-state index in [0.717, 1.165) is 55.2 Å². The first-order valence-electron chi connectivity index (χ1n) is 9.71. The largest absolute Gasteiger partial charge is 0.493 e. The molecule has 2 aliphatic heterocycles. The van der Waals surface area contributed by atoms with E-state index in [1.54, 1.807) is 11.3 Å².